The van der Waals surface area contributed by atoms with Gasteiger partial charge in [0.2, 0.25) is 0 Å². The highest BCUT2D eigenvalue weighted by Gasteiger charge is 2.14. The number of carbonyl (C=O) groups is 1. The molecule has 0 atom stereocenters. The van der Waals surface area contributed by atoms with Crippen molar-refractivity contribution in [3.8, 4) is 5.75 Å². The van der Waals surface area contributed by atoms with E-state index in [1.165, 1.54) is 11.3 Å². The number of carbonyl (C=O) groups excluding carboxylic acids is 1. The first-order chi connectivity index (χ1) is 9.60. The van der Waals surface area contributed by atoms with Crippen molar-refractivity contribution in [3.05, 3.63) is 39.8 Å². The molecule has 1 heterocycles. The lowest BCUT2D eigenvalue weighted by Gasteiger charge is -2.10. The minimum absolute atomic E-state index is 0.304. The largest absolute Gasteiger partial charge is 0.486 e. The minimum Gasteiger partial charge on any atom is -0.486 e. The number of aromatic nitrogens is 1. The molecule has 2 aromatic rings. The second-order valence-electron chi connectivity index (χ2n) is 4.15. The molecule has 0 spiro atoms. The molecule has 0 saturated heterocycles. The molecule has 2 N–H and O–H groups in total. The molecule has 2 rings (SSSR count). The van der Waals surface area contributed by atoms with E-state index in [9.17, 15) is 4.79 Å². The van der Waals surface area contributed by atoms with Gasteiger partial charge in [-0.2, -0.15) is 0 Å². The van der Waals surface area contributed by atoms with Crippen LogP contribution in [0.3, 0.4) is 0 Å². The molecule has 6 heteroatoms. The van der Waals surface area contributed by atoms with E-state index in [0.29, 0.717) is 30.2 Å². The Balaban J connectivity index is 2.16. The highest BCUT2D eigenvalue weighted by atomic mass is 32.1. The van der Waals surface area contributed by atoms with Gasteiger partial charge in [-0.05, 0) is 32.0 Å². The fourth-order valence-electron chi connectivity index (χ4n) is 1.65. The number of hydrogen-bond acceptors (Lipinski definition) is 6. The van der Waals surface area contributed by atoms with E-state index in [-0.39, 0.29) is 0 Å². The zero-order valence-corrected chi connectivity index (χ0v) is 12.2. The van der Waals surface area contributed by atoms with Crippen molar-refractivity contribution in [2.75, 3.05) is 12.3 Å². The molecule has 0 fully saturated rings. The molecule has 20 heavy (non-hydrogen) atoms. The molecule has 1 aromatic heterocycles. The summed E-state index contributed by atoms with van der Waals surface area (Å²) in [6.45, 7) is 4.30. The number of nitrogens with two attached hydrogens (primary N) is 1. The molecule has 0 aliphatic rings. The lowest BCUT2D eigenvalue weighted by atomic mass is 10.2. The van der Waals surface area contributed by atoms with Gasteiger partial charge in [0.1, 0.15) is 22.9 Å². The van der Waals surface area contributed by atoms with E-state index in [1.54, 1.807) is 25.1 Å². The average molecular weight is 292 g/mol. The number of rotatable bonds is 5. The molecular formula is C14H16N2O3S. The highest BCUT2D eigenvalue weighted by Crippen LogP contribution is 2.24. The Hall–Kier alpha value is -2.08. The minimum atomic E-state index is -0.440. The third-order valence-electron chi connectivity index (χ3n) is 2.52. The summed E-state index contributed by atoms with van der Waals surface area (Å²) in [6, 6.07) is 4.91. The van der Waals surface area contributed by atoms with Gasteiger partial charge in [-0.15, -0.1) is 11.3 Å². The number of hydrogen-bond donors (Lipinski definition) is 1. The molecule has 0 saturated carbocycles. The molecule has 0 amide bonds. The van der Waals surface area contributed by atoms with E-state index in [1.807, 2.05) is 12.3 Å². The molecule has 0 aliphatic carbocycles. The first-order valence-corrected chi connectivity index (χ1v) is 7.08. The van der Waals surface area contributed by atoms with Gasteiger partial charge in [-0.3, -0.25) is 0 Å². The molecule has 0 bridgehead atoms. The normalized spacial score (nSPS) is 10.3. The number of benzene rings is 1. The van der Waals surface area contributed by atoms with Gasteiger partial charge in [0.15, 0.2) is 0 Å². The van der Waals surface area contributed by atoms with Gasteiger partial charge in [0.25, 0.3) is 0 Å². The van der Waals surface area contributed by atoms with Gasteiger partial charge < -0.3 is 15.2 Å². The van der Waals surface area contributed by atoms with Crippen LogP contribution in [0.15, 0.2) is 23.6 Å². The Morgan fingerprint density at radius 1 is 1.45 bits per heavy atom. The van der Waals surface area contributed by atoms with E-state index in [4.69, 9.17) is 15.2 Å². The summed E-state index contributed by atoms with van der Waals surface area (Å²) in [6.07, 6.45) is 0. The summed E-state index contributed by atoms with van der Waals surface area (Å²) in [7, 11) is 0. The number of ether oxygens (including phenoxy) is 2. The molecule has 0 radical (unpaired) electrons. The van der Waals surface area contributed by atoms with Gasteiger partial charge in [-0.25, -0.2) is 9.78 Å². The van der Waals surface area contributed by atoms with Crippen LogP contribution in [0, 0.1) is 6.92 Å². The second kappa shape index (κ2) is 6.38. The summed E-state index contributed by atoms with van der Waals surface area (Å²) in [5, 5.41) is 2.81. The quantitative estimate of drug-likeness (QED) is 0.677. The van der Waals surface area contributed by atoms with E-state index in [0.717, 1.165) is 10.7 Å². The molecular weight excluding hydrogens is 276 g/mol. The molecule has 0 unspecified atom stereocenters. The van der Waals surface area contributed by atoms with Crippen molar-refractivity contribution in [3.63, 3.8) is 0 Å². The molecule has 5 nitrogen and oxygen atoms in total. The summed E-state index contributed by atoms with van der Waals surface area (Å²) in [5.74, 6) is 0.00984. The molecule has 106 valence electrons. The first kappa shape index (κ1) is 14.3. The van der Waals surface area contributed by atoms with Crippen LogP contribution in [0.2, 0.25) is 0 Å². The lowest BCUT2D eigenvalue weighted by molar-refractivity contribution is 0.0521. The monoisotopic (exact) mass is 292 g/mol. The maximum Gasteiger partial charge on any atom is 0.341 e. The number of esters is 1. The zero-order chi connectivity index (χ0) is 14.5. The number of thiazole rings is 1. The van der Waals surface area contributed by atoms with Gasteiger partial charge in [0.05, 0.1) is 6.61 Å². The van der Waals surface area contributed by atoms with Crippen molar-refractivity contribution in [1.29, 1.82) is 0 Å². The zero-order valence-electron chi connectivity index (χ0n) is 11.4. The average Bonchev–Trinajstić information content (AvgIpc) is 2.83. The Kier molecular flexibility index (Phi) is 4.57. The van der Waals surface area contributed by atoms with Crippen LogP contribution in [-0.4, -0.2) is 17.6 Å². The van der Waals surface area contributed by atoms with Crippen LogP contribution in [0.25, 0.3) is 0 Å². The van der Waals surface area contributed by atoms with Crippen LogP contribution in [-0.2, 0) is 11.3 Å². The smallest absolute Gasteiger partial charge is 0.341 e. The Labute approximate surface area is 121 Å². The number of anilines is 1. The fraction of sp³-hybridized carbons (Fsp3) is 0.286. The second-order valence-corrected chi connectivity index (χ2v) is 5.09. The summed E-state index contributed by atoms with van der Waals surface area (Å²) >= 11 is 1.52. The van der Waals surface area contributed by atoms with Crippen LogP contribution in [0.1, 0.15) is 28.0 Å². The fourth-order valence-corrected chi connectivity index (χ4v) is 2.33. The predicted octanol–water partition coefficient (Wildman–Crippen LogP) is 2.79. The van der Waals surface area contributed by atoms with E-state index in [2.05, 4.69) is 4.98 Å². The Morgan fingerprint density at radius 3 is 2.90 bits per heavy atom. The van der Waals surface area contributed by atoms with Crippen LogP contribution >= 0.6 is 11.3 Å². The van der Waals surface area contributed by atoms with Crippen LogP contribution in [0.5, 0.6) is 5.75 Å². The van der Waals surface area contributed by atoms with Gasteiger partial charge in [0, 0.05) is 16.8 Å². The van der Waals surface area contributed by atoms with Crippen molar-refractivity contribution in [1.82, 2.24) is 4.98 Å². The summed E-state index contributed by atoms with van der Waals surface area (Å²) in [4.78, 5) is 16.2. The van der Waals surface area contributed by atoms with E-state index < -0.39 is 5.97 Å². The predicted molar refractivity (Wildman–Crippen MR) is 78.0 cm³/mol. The summed E-state index contributed by atoms with van der Waals surface area (Å²) in [5.41, 5.74) is 7.48. The topological polar surface area (TPSA) is 74.4 Å². The maximum absolute atomic E-state index is 11.9. The number of aryl methyl sites for hydroxylation is 1. The maximum atomic E-state index is 11.9. The lowest BCUT2D eigenvalue weighted by Crippen LogP contribution is -2.08. The van der Waals surface area contributed by atoms with Crippen molar-refractivity contribution in [2.45, 2.75) is 20.5 Å². The standard InChI is InChI=1S/C14H16N2O3S/c1-3-18-14(17)11-6-10(15)4-5-12(11)19-7-13-16-9(2)8-20-13/h4-6,8H,3,7,15H2,1-2H3. The molecule has 1 aromatic carbocycles. The van der Waals surface area contributed by atoms with Crippen molar-refractivity contribution in [2.24, 2.45) is 0 Å². The van der Waals surface area contributed by atoms with Crippen LogP contribution in [0.4, 0.5) is 5.69 Å². The SMILES string of the molecule is CCOC(=O)c1cc(N)ccc1OCc1nc(C)cs1. The van der Waals surface area contributed by atoms with Gasteiger partial charge in [-0.1, -0.05) is 0 Å². The Bertz CT molecular complexity index is 610. The Morgan fingerprint density at radius 2 is 2.25 bits per heavy atom. The third-order valence-corrected chi connectivity index (χ3v) is 3.46. The highest BCUT2D eigenvalue weighted by molar-refractivity contribution is 7.09. The number of nitrogens with zero attached hydrogens (tertiary/aromatic N) is 1. The third kappa shape index (κ3) is 3.48. The van der Waals surface area contributed by atoms with Crippen molar-refractivity contribution < 1.29 is 14.3 Å². The first-order valence-electron chi connectivity index (χ1n) is 6.20. The van der Waals surface area contributed by atoms with Gasteiger partial charge >= 0.3 is 5.97 Å². The van der Waals surface area contributed by atoms with Crippen molar-refractivity contribution >= 4 is 23.0 Å². The van der Waals surface area contributed by atoms with Crippen LogP contribution < -0.4 is 10.5 Å². The summed E-state index contributed by atoms with van der Waals surface area (Å²) < 4.78 is 10.6. The molecule has 0 aliphatic heterocycles. The van der Waals surface area contributed by atoms with E-state index >= 15 is 0 Å². The number of nitrogen functional groups attached to an aromatic ring is 1.